The number of anilines is 1. The van der Waals surface area contributed by atoms with E-state index in [1.807, 2.05) is 18.2 Å². The van der Waals surface area contributed by atoms with Gasteiger partial charge in [-0.25, -0.2) is 4.98 Å². The van der Waals surface area contributed by atoms with Gasteiger partial charge < -0.3 is 19.5 Å². The van der Waals surface area contributed by atoms with Crippen molar-refractivity contribution in [3.8, 4) is 11.5 Å². The number of hydrogen-bond donors (Lipinski definition) is 1. The first-order chi connectivity index (χ1) is 17.5. The fourth-order valence-electron chi connectivity index (χ4n) is 4.56. The number of morpholine rings is 1. The van der Waals surface area contributed by atoms with Gasteiger partial charge in [-0.2, -0.15) is 0 Å². The van der Waals surface area contributed by atoms with Gasteiger partial charge in [-0.1, -0.05) is 32.0 Å². The number of nitrogens with zero attached hydrogens (tertiary/aromatic N) is 3. The van der Waals surface area contributed by atoms with E-state index in [0.717, 1.165) is 42.7 Å². The Labute approximate surface area is 211 Å². The van der Waals surface area contributed by atoms with E-state index in [1.165, 1.54) is 11.7 Å². The smallest absolute Gasteiger partial charge is 0.262 e. The summed E-state index contributed by atoms with van der Waals surface area (Å²) in [6, 6.07) is 9.36. The Morgan fingerprint density at radius 1 is 1.06 bits per heavy atom. The molecular formula is C27H34N4O5. The number of para-hydroxylation sites is 1. The molecule has 9 nitrogen and oxygen atoms in total. The van der Waals surface area contributed by atoms with E-state index < -0.39 is 0 Å². The van der Waals surface area contributed by atoms with Gasteiger partial charge in [-0.15, -0.1) is 0 Å². The molecule has 0 atom stereocenters. The van der Waals surface area contributed by atoms with Crippen LogP contribution in [0.3, 0.4) is 0 Å². The Morgan fingerprint density at radius 2 is 1.69 bits per heavy atom. The lowest BCUT2D eigenvalue weighted by molar-refractivity contribution is -0.116. The Balaban J connectivity index is 1.75. The Morgan fingerprint density at radius 3 is 2.31 bits per heavy atom. The number of carbonyl (C=O) groups is 1. The molecule has 1 aliphatic rings. The summed E-state index contributed by atoms with van der Waals surface area (Å²) in [5, 5.41) is 3.44. The van der Waals surface area contributed by atoms with Crippen LogP contribution in [0.1, 0.15) is 30.8 Å². The lowest BCUT2D eigenvalue weighted by Crippen LogP contribution is -2.39. The highest BCUT2D eigenvalue weighted by Gasteiger charge is 2.21. The number of aromatic nitrogens is 2. The molecule has 0 radical (unpaired) electrons. The normalized spacial score (nSPS) is 14.1. The number of nitrogens with one attached hydrogen (secondary N) is 1. The van der Waals surface area contributed by atoms with E-state index >= 15 is 0 Å². The maximum atomic E-state index is 13.7. The van der Waals surface area contributed by atoms with Crippen molar-refractivity contribution in [2.24, 2.45) is 0 Å². The highest BCUT2D eigenvalue weighted by atomic mass is 16.5. The predicted octanol–water partition coefficient (Wildman–Crippen LogP) is 3.01. The molecule has 0 aliphatic carbocycles. The van der Waals surface area contributed by atoms with Gasteiger partial charge in [-0.05, 0) is 30.0 Å². The fraction of sp³-hybridized carbons (Fsp3) is 0.444. The number of amides is 1. The highest BCUT2D eigenvalue weighted by molar-refractivity contribution is 5.92. The number of fused-ring (bicyclic) bond motifs is 1. The average molecular weight is 495 g/mol. The molecule has 1 N–H and O–H groups in total. The van der Waals surface area contributed by atoms with Crippen LogP contribution in [0.25, 0.3) is 10.9 Å². The number of rotatable bonds is 9. The van der Waals surface area contributed by atoms with Crippen LogP contribution in [0, 0.1) is 0 Å². The Kier molecular flexibility index (Phi) is 8.22. The van der Waals surface area contributed by atoms with Gasteiger partial charge in [0.1, 0.15) is 12.4 Å². The summed E-state index contributed by atoms with van der Waals surface area (Å²) in [5.41, 5.74) is 3.17. The minimum absolute atomic E-state index is 0.142. The standard InChI is InChI=1S/C27H34N4O5/c1-5-18-8-7-9-19(6-2)26(18)29-25(32)17-31-24(16-30-10-12-36-13-11-30)28-21-15-23(35-4)22(34-3)14-20(21)27(31)33/h7-9,14-15H,5-6,10-13,16-17H2,1-4H3,(H,29,32). The van der Waals surface area contributed by atoms with Crippen LogP contribution in [0.4, 0.5) is 5.69 Å². The molecule has 2 aromatic carbocycles. The highest BCUT2D eigenvalue weighted by Crippen LogP contribution is 2.30. The van der Waals surface area contributed by atoms with Gasteiger partial charge in [0.15, 0.2) is 11.5 Å². The van der Waals surface area contributed by atoms with Crippen LogP contribution in [-0.2, 0) is 35.5 Å². The van der Waals surface area contributed by atoms with Gasteiger partial charge in [0.05, 0.1) is 44.9 Å². The van der Waals surface area contributed by atoms with Crippen LogP contribution in [-0.4, -0.2) is 60.9 Å². The second-order valence-electron chi connectivity index (χ2n) is 8.74. The maximum Gasteiger partial charge on any atom is 0.262 e. The molecule has 0 saturated carbocycles. The quantitative estimate of drug-likeness (QED) is 0.489. The predicted molar refractivity (Wildman–Crippen MR) is 139 cm³/mol. The fourth-order valence-corrected chi connectivity index (χ4v) is 4.56. The van der Waals surface area contributed by atoms with Crippen molar-refractivity contribution >= 4 is 22.5 Å². The Hall–Kier alpha value is -3.43. The molecule has 2 heterocycles. The molecule has 192 valence electrons. The molecule has 4 rings (SSSR count). The summed E-state index contributed by atoms with van der Waals surface area (Å²) < 4.78 is 17.8. The summed E-state index contributed by atoms with van der Waals surface area (Å²) >= 11 is 0. The molecule has 0 bridgehead atoms. The molecule has 0 spiro atoms. The number of aryl methyl sites for hydroxylation is 2. The lowest BCUT2D eigenvalue weighted by Gasteiger charge is -2.27. The van der Waals surface area contributed by atoms with Gasteiger partial charge >= 0.3 is 0 Å². The van der Waals surface area contributed by atoms with Crippen molar-refractivity contribution < 1.29 is 19.0 Å². The Bertz CT molecular complexity index is 1280. The summed E-state index contributed by atoms with van der Waals surface area (Å²) in [6.45, 7) is 7.12. The van der Waals surface area contributed by atoms with E-state index in [9.17, 15) is 9.59 Å². The zero-order chi connectivity index (χ0) is 25.7. The van der Waals surface area contributed by atoms with Crippen LogP contribution in [0.2, 0.25) is 0 Å². The van der Waals surface area contributed by atoms with Crippen LogP contribution in [0.5, 0.6) is 11.5 Å². The number of carbonyl (C=O) groups excluding carboxylic acids is 1. The second-order valence-corrected chi connectivity index (χ2v) is 8.74. The molecule has 0 unspecified atom stereocenters. The van der Waals surface area contributed by atoms with Gasteiger partial charge in [-0.3, -0.25) is 19.1 Å². The van der Waals surface area contributed by atoms with Crippen molar-refractivity contribution in [1.29, 1.82) is 0 Å². The third kappa shape index (κ3) is 5.37. The molecule has 36 heavy (non-hydrogen) atoms. The van der Waals surface area contributed by atoms with Crippen molar-refractivity contribution in [2.45, 2.75) is 39.8 Å². The topological polar surface area (TPSA) is 94.9 Å². The number of hydrogen-bond acceptors (Lipinski definition) is 7. The molecule has 1 aliphatic heterocycles. The monoisotopic (exact) mass is 494 g/mol. The molecule has 1 fully saturated rings. The average Bonchev–Trinajstić information content (AvgIpc) is 2.90. The molecule has 3 aromatic rings. The molecule has 1 aromatic heterocycles. The third-order valence-electron chi connectivity index (χ3n) is 6.57. The van der Waals surface area contributed by atoms with Gasteiger partial charge in [0.2, 0.25) is 5.91 Å². The second kappa shape index (κ2) is 11.5. The minimum Gasteiger partial charge on any atom is -0.493 e. The molecule has 1 amide bonds. The van der Waals surface area contributed by atoms with E-state index in [2.05, 4.69) is 24.1 Å². The van der Waals surface area contributed by atoms with Crippen molar-refractivity contribution in [2.75, 3.05) is 45.8 Å². The summed E-state index contributed by atoms with van der Waals surface area (Å²) in [5.74, 6) is 1.19. The first-order valence-electron chi connectivity index (χ1n) is 12.3. The van der Waals surface area contributed by atoms with Crippen LogP contribution >= 0.6 is 0 Å². The molecular weight excluding hydrogens is 460 g/mol. The van der Waals surface area contributed by atoms with Crippen LogP contribution < -0.4 is 20.3 Å². The first kappa shape index (κ1) is 25.7. The molecule has 1 saturated heterocycles. The number of ether oxygens (including phenoxy) is 3. The van der Waals surface area contributed by atoms with Crippen molar-refractivity contribution in [3.05, 3.63) is 57.6 Å². The zero-order valence-electron chi connectivity index (χ0n) is 21.4. The van der Waals surface area contributed by atoms with Gasteiger partial charge in [0.25, 0.3) is 5.56 Å². The minimum atomic E-state index is -0.293. The first-order valence-corrected chi connectivity index (χ1v) is 12.3. The van der Waals surface area contributed by atoms with Crippen molar-refractivity contribution in [3.63, 3.8) is 0 Å². The summed E-state index contributed by atoms with van der Waals surface area (Å²) in [6.07, 6.45) is 1.59. The van der Waals surface area contributed by atoms with E-state index in [0.29, 0.717) is 48.0 Å². The SMILES string of the molecule is CCc1cccc(CC)c1NC(=O)Cn1c(CN2CCOCC2)nc2cc(OC)c(OC)cc2c1=O. The molecule has 9 heteroatoms. The number of methoxy groups -OCH3 is 2. The third-order valence-corrected chi connectivity index (χ3v) is 6.57. The largest absolute Gasteiger partial charge is 0.493 e. The van der Waals surface area contributed by atoms with E-state index in [4.69, 9.17) is 19.2 Å². The van der Waals surface area contributed by atoms with E-state index in [-0.39, 0.29) is 18.0 Å². The maximum absolute atomic E-state index is 13.7. The zero-order valence-corrected chi connectivity index (χ0v) is 21.4. The van der Waals surface area contributed by atoms with E-state index in [1.54, 1.807) is 19.2 Å². The van der Waals surface area contributed by atoms with Crippen molar-refractivity contribution in [1.82, 2.24) is 14.5 Å². The van der Waals surface area contributed by atoms with Crippen LogP contribution in [0.15, 0.2) is 35.1 Å². The summed E-state index contributed by atoms with van der Waals surface area (Å²) in [7, 11) is 3.06. The lowest BCUT2D eigenvalue weighted by atomic mass is 10.0. The van der Waals surface area contributed by atoms with Gasteiger partial charge in [0, 0.05) is 24.8 Å². The summed E-state index contributed by atoms with van der Waals surface area (Å²) in [4.78, 5) is 34.0. The number of benzene rings is 2.